The average molecular weight is 600 g/mol. The molecule has 5 aromatic rings. The van der Waals surface area contributed by atoms with E-state index in [-0.39, 0.29) is 24.7 Å². The van der Waals surface area contributed by atoms with Crippen molar-refractivity contribution >= 4 is 57.3 Å². The molecule has 44 heavy (non-hydrogen) atoms. The van der Waals surface area contributed by atoms with Crippen LogP contribution >= 0.6 is 0 Å². The number of amides is 2. The van der Waals surface area contributed by atoms with Gasteiger partial charge >= 0.3 is 12.1 Å². The van der Waals surface area contributed by atoms with Crippen molar-refractivity contribution in [2.45, 2.75) is 32.7 Å². The smallest absolute Gasteiger partial charge is 0.412 e. The van der Waals surface area contributed by atoms with Gasteiger partial charge in [-0.25, -0.2) is 14.8 Å². The second-order valence-corrected chi connectivity index (χ2v) is 9.97. The number of hydrogen-bond donors (Lipinski definition) is 2. The van der Waals surface area contributed by atoms with Gasteiger partial charge in [-0.15, -0.1) is 0 Å². The van der Waals surface area contributed by atoms with Gasteiger partial charge in [-0.1, -0.05) is 24.6 Å². The number of aryl methyl sites for hydroxylation is 1. The number of hydrogen-bond acceptors (Lipinski definition) is 10. The predicted molar refractivity (Wildman–Crippen MR) is 164 cm³/mol. The van der Waals surface area contributed by atoms with Crippen molar-refractivity contribution < 1.29 is 28.4 Å². The number of benzene rings is 2. The van der Waals surface area contributed by atoms with E-state index in [0.29, 0.717) is 41.0 Å². The van der Waals surface area contributed by atoms with Crippen LogP contribution in [0.1, 0.15) is 42.4 Å². The lowest BCUT2D eigenvalue weighted by atomic mass is 10.1. The third-order valence-corrected chi connectivity index (χ3v) is 7.03. The standard InChI is InChI=1S/C31H33N7O6/c1-4-5-16-43-31(41)35-29-22-18-21(10-12-25(22)44-36-29)33-19-27-34-23-17-20(9-11-24(23)37(27)2)30(40)38(15-13-28(39)42-3)26-8-6-7-14-32-26/h6-12,14,17-18,33H,4-5,13,15-16,19H2,1-3H3,(H,35,36,41). The second-order valence-electron chi connectivity index (χ2n) is 9.97. The number of fused-ring (bicyclic) bond motifs is 2. The first kappa shape index (κ1) is 30.0. The first-order chi connectivity index (χ1) is 21.4. The first-order valence-electron chi connectivity index (χ1n) is 14.2. The van der Waals surface area contributed by atoms with Gasteiger partial charge in [0.05, 0.1) is 43.1 Å². The van der Waals surface area contributed by atoms with E-state index in [1.54, 1.807) is 42.6 Å². The number of pyridine rings is 1. The molecule has 0 aliphatic carbocycles. The van der Waals surface area contributed by atoms with E-state index < -0.39 is 12.1 Å². The molecule has 0 aliphatic heterocycles. The zero-order valence-electron chi connectivity index (χ0n) is 24.7. The van der Waals surface area contributed by atoms with Crippen LogP contribution in [0.25, 0.3) is 22.0 Å². The molecular weight excluding hydrogens is 566 g/mol. The van der Waals surface area contributed by atoms with E-state index in [1.807, 2.05) is 36.7 Å². The van der Waals surface area contributed by atoms with E-state index in [9.17, 15) is 14.4 Å². The van der Waals surface area contributed by atoms with Gasteiger partial charge in [0.15, 0.2) is 11.4 Å². The summed E-state index contributed by atoms with van der Waals surface area (Å²) < 4.78 is 17.2. The van der Waals surface area contributed by atoms with Gasteiger partial charge < -0.3 is 23.9 Å². The monoisotopic (exact) mass is 599 g/mol. The summed E-state index contributed by atoms with van der Waals surface area (Å²) in [5, 5.41) is 10.6. The Balaban J connectivity index is 1.31. The molecule has 0 aliphatic rings. The molecule has 0 bridgehead atoms. The van der Waals surface area contributed by atoms with Crippen molar-refractivity contribution in [3.05, 3.63) is 72.2 Å². The van der Waals surface area contributed by atoms with Gasteiger partial charge in [0.25, 0.3) is 5.91 Å². The van der Waals surface area contributed by atoms with Gasteiger partial charge in [0.1, 0.15) is 11.6 Å². The number of nitrogens with one attached hydrogen (secondary N) is 2. The van der Waals surface area contributed by atoms with Gasteiger partial charge in [-0.3, -0.25) is 19.8 Å². The Morgan fingerprint density at radius 1 is 1.09 bits per heavy atom. The van der Waals surface area contributed by atoms with E-state index in [0.717, 1.165) is 29.9 Å². The molecular formula is C31H33N7O6. The van der Waals surface area contributed by atoms with Crippen molar-refractivity contribution in [2.75, 3.05) is 35.8 Å². The van der Waals surface area contributed by atoms with Crippen LogP contribution in [-0.2, 0) is 27.9 Å². The number of anilines is 3. The Morgan fingerprint density at radius 2 is 1.95 bits per heavy atom. The lowest BCUT2D eigenvalue weighted by Crippen LogP contribution is -2.33. The summed E-state index contributed by atoms with van der Waals surface area (Å²) in [6.07, 6.45) is 2.73. The van der Waals surface area contributed by atoms with Crippen molar-refractivity contribution in [3.63, 3.8) is 0 Å². The number of aromatic nitrogens is 4. The molecule has 13 heteroatoms. The number of nitrogens with zero attached hydrogens (tertiary/aromatic N) is 5. The molecule has 13 nitrogen and oxygen atoms in total. The molecule has 3 aromatic heterocycles. The lowest BCUT2D eigenvalue weighted by Gasteiger charge is -2.21. The topological polar surface area (TPSA) is 154 Å². The van der Waals surface area contributed by atoms with Crippen molar-refractivity contribution in [2.24, 2.45) is 7.05 Å². The highest BCUT2D eigenvalue weighted by Crippen LogP contribution is 2.27. The van der Waals surface area contributed by atoms with Crippen LogP contribution in [0.2, 0.25) is 0 Å². The lowest BCUT2D eigenvalue weighted by molar-refractivity contribution is -0.140. The Labute approximate surface area is 253 Å². The SMILES string of the molecule is CCCCOC(=O)Nc1noc2ccc(NCc3nc4cc(C(=O)N(CCC(=O)OC)c5ccccn5)ccc4n3C)cc12. The number of ether oxygens (including phenoxy) is 2. The molecule has 0 unspecified atom stereocenters. The third-order valence-electron chi connectivity index (χ3n) is 7.03. The zero-order chi connectivity index (χ0) is 31.1. The van der Waals surface area contributed by atoms with Crippen LogP contribution in [0.4, 0.5) is 22.1 Å². The van der Waals surface area contributed by atoms with Crippen LogP contribution in [0.5, 0.6) is 0 Å². The Kier molecular flexibility index (Phi) is 9.33. The van der Waals surface area contributed by atoms with Crippen molar-refractivity contribution in [3.8, 4) is 0 Å². The summed E-state index contributed by atoms with van der Waals surface area (Å²) in [4.78, 5) is 48.0. The highest BCUT2D eigenvalue weighted by molar-refractivity contribution is 6.07. The van der Waals surface area contributed by atoms with Crippen molar-refractivity contribution in [1.82, 2.24) is 19.7 Å². The molecule has 2 N–H and O–H groups in total. The van der Waals surface area contributed by atoms with Crippen LogP contribution in [0, 0.1) is 0 Å². The molecule has 0 saturated carbocycles. The Morgan fingerprint density at radius 3 is 2.73 bits per heavy atom. The number of unbranched alkanes of at least 4 members (excludes halogenated alkanes) is 1. The quantitative estimate of drug-likeness (QED) is 0.143. The summed E-state index contributed by atoms with van der Waals surface area (Å²) >= 11 is 0. The number of rotatable bonds is 12. The number of methoxy groups -OCH3 is 1. The summed E-state index contributed by atoms with van der Waals surface area (Å²) in [5.41, 5.74) is 3.19. The molecule has 3 heterocycles. The largest absolute Gasteiger partial charge is 0.469 e. The van der Waals surface area contributed by atoms with E-state index >= 15 is 0 Å². The molecule has 0 radical (unpaired) electrons. The summed E-state index contributed by atoms with van der Waals surface area (Å²) in [6.45, 7) is 2.84. The fourth-order valence-electron chi connectivity index (χ4n) is 4.60. The zero-order valence-corrected chi connectivity index (χ0v) is 24.7. The molecule has 0 atom stereocenters. The molecule has 2 aromatic carbocycles. The molecule has 2 amide bonds. The summed E-state index contributed by atoms with van der Waals surface area (Å²) in [6, 6.07) is 16.0. The maximum absolute atomic E-state index is 13.6. The fourth-order valence-corrected chi connectivity index (χ4v) is 4.60. The molecule has 5 rings (SSSR count). The summed E-state index contributed by atoms with van der Waals surface area (Å²) in [7, 11) is 3.21. The predicted octanol–water partition coefficient (Wildman–Crippen LogP) is 5.28. The van der Waals surface area contributed by atoms with Gasteiger partial charge in [0.2, 0.25) is 0 Å². The minimum absolute atomic E-state index is 0.0295. The molecule has 0 spiro atoms. The molecule has 228 valence electrons. The number of imidazole rings is 1. The van der Waals surface area contributed by atoms with Crippen LogP contribution in [-0.4, -0.2) is 57.9 Å². The third kappa shape index (κ3) is 6.77. The minimum Gasteiger partial charge on any atom is -0.469 e. The van der Waals surface area contributed by atoms with E-state index in [2.05, 4.69) is 20.8 Å². The van der Waals surface area contributed by atoms with E-state index in [4.69, 9.17) is 19.0 Å². The highest BCUT2D eigenvalue weighted by atomic mass is 16.5. The Hall–Kier alpha value is -5.46. The second kappa shape index (κ2) is 13.7. The summed E-state index contributed by atoms with van der Waals surface area (Å²) in [5.74, 6) is 0.720. The van der Waals surface area contributed by atoms with Crippen molar-refractivity contribution in [1.29, 1.82) is 0 Å². The number of carbonyl (C=O) groups excluding carboxylic acids is 3. The van der Waals surface area contributed by atoms with Gasteiger partial charge in [0, 0.05) is 31.0 Å². The maximum atomic E-state index is 13.6. The van der Waals surface area contributed by atoms with Crippen LogP contribution < -0.4 is 15.5 Å². The van der Waals surface area contributed by atoms with Gasteiger partial charge in [-0.05, 0) is 55.0 Å². The molecule has 0 fully saturated rings. The number of esters is 1. The van der Waals surface area contributed by atoms with E-state index in [1.165, 1.54) is 12.0 Å². The van der Waals surface area contributed by atoms with Crippen LogP contribution in [0.15, 0.2) is 65.3 Å². The minimum atomic E-state index is -0.587. The highest BCUT2D eigenvalue weighted by Gasteiger charge is 2.21. The number of carbonyl (C=O) groups is 3. The normalized spacial score (nSPS) is 11.0. The Bertz CT molecular complexity index is 1780. The first-order valence-corrected chi connectivity index (χ1v) is 14.2. The van der Waals surface area contributed by atoms with Gasteiger partial charge in [-0.2, -0.15) is 0 Å². The maximum Gasteiger partial charge on any atom is 0.412 e. The average Bonchev–Trinajstić information content (AvgIpc) is 3.59. The van der Waals surface area contributed by atoms with Crippen LogP contribution in [0.3, 0.4) is 0 Å². The fraction of sp³-hybridized carbons (Fsp3) is 0.290. The molecule has 0 saturated heterocycles.